The minimum Gasteiger partial charge on any atom is -0.494 e. The van der Waals surface area contributed by atoms with Crippen LogP contribution in [0.5, 0.6) is 11.5 Å². The SMILES string of the molecule is CCCCCCCCCCCCCCOc1ccc(-c2ccc(C(=O)Oc3ccc4cc([C@H](C)C(=O)OCCCCCC)ccc4c3)cc2)cc1. The highest BCUT2D eigenvalue weighted by atomic mass is 16.5. The molecule has 0 fully saturated rings. The molecule has 5 nitrogen and oxygen atoms in total. The van der Waals surface area contributed by atoms with Gasteiger partial charge in [-0.2, -0.15) is 0 Å². The number of benzene rings is 4. The van der Waals surface area contributed by atoms with Crippen LogP contribution in [0.2, 0.25) is 0 Å². The molecule has 0 saturated heterocycles. The average Bonchev–Trinajstić information content (AvgIpc) is 3.16. The molecule has 4 aromatic rings. The molecule has 0 aromatic heterocycles. The van der Waals surface area contributed by atoms with Gasteiger partial charge in [0.1, 0.15) is 11.5 Å². The first kappa shape index (κ1) is 39.7. The van der Waals surface area contributed by atoms with Gasteiger partial charge in [0.25, 0.3) is 0 Å². The largest absolute Gasteiger partial charge is 0.494 e. The van der Waals surface area contributed by atoms with Gasteiger partial charge in [0.2, 0.25) is 0 Å². The fourth-order valence-corrected chi connectivity index (χ4v) is 6.38. The van der Waals surface area contributed by atoms with Gasteiger partial charge in [-0.15, -0.1) is 0 Å². The molecule has 0 bridgehead atoms. The van der Waals surface area contributed by atoms with E-state index in [4.69, 9.17) is 14.2 Å². The Kier molecular flexibility index (Phi) is 17.6. The molecule has 51 heavy (non-hydrogen) atoms. The Morgan fingerprint density at radius 2 is 1.02 bits per heavy atom. The number of hydrogen-bond acceptors (Lipinski definition) is 5. The van der Waals surface area contributed by atoms with Crippen LogP contribution in [-0.2, 0) is 9.53 Å². The molecule has 0 aliphatic rings. The van der Waals surface area contributed by atoms with Gasteiger partial charge in [0.15, 0.2) is 0 Å². The monoisotopic (exact) mass is 692 g/mol. The number of hydrogen-bond donors (Lipinski definition) is 0. The third-order valence-corrected chi connectivity index (χ3v) is 9.72. The zero-order valence-electron chi connectivity index (χ0n) is 31.4. The lowest BCUT2D eigenvalue weighted by atomic mass is 9.98. The first-order valence-corrected chi connectivity index (χ1v) is 19.7. The van der Waals surface area contributed by atoms with Crippen molar-refractivity contribution in [1.82, 2.24) is 0 Å². The van der Waals surface area contributed by atoms with E-state index in [0.717, 1.165) is 71.9 Å². The van der Waals surface area contributed by atoms with Crippen molar-refractivity contribution in [2.75, 3.05) is 13.2 Å². The molecule has 5 heteroatoms. The molecule has 0 heterocycles. The second kappa shape index (κ2) is 22.6. The lowest BCUT2D eigenvalue weighted by Gasteiger charge is -2.13. The molecule has 274 valence electrons. The van der Waals surface area contributed by atoms with Gasteiger partial charge in [-0.3, -0.25) is 4.79 Å². The highest BCUT2D eigenvalue weighted by Crippen LogP contribution is 2.28. The number of carbonyl (C=O) groups is 2. The number of esters is 2. The summed E-state index contributed by atoms with van der Waals surface area (Å²) in [6, 6.07) is 27.1. The van der Waals surface area contributed by atoms with E-state index in [9.17, 15) is 9.59 Å². The molecule has 0 saturated carbocycles. The highest BCUT2D eigenvalue weighted by molar-refractivity contribution is 5.93. The maximum absolute atomic E-state index is 13.0. The van der Waals surface area contributed by atoms with Gasteiger partial charge in [-0.25, -0.2) is 4.79 Å². The van der Waals surface area contributed by atoms with Crippen molar-refractivity contribution in [3.63, 3.8) is 0 Å². The minimum atomic E-state index is -0.408. The van der Waals surface area contributed by atoms with Crippen LogP contribution in [-0.4, -0.2) is 25.2 Å². The standard InChI is InChI=1S/C46H60O5/c1-4-6-8-10-11-12-13-14-15-16-17-19-32-49-43-29-26-38(27-30-43)37-20-22-39(23-21-37)46(48)51-44-31-28-41-34-40(24-25-42(41)35-44)36(3)45(47)50-33-18-9-7-5-2/h20-31,34-36H,4-19,32-33H2,1-3H3/t36-/m0/s1. The molecule has 0 unspecified atom stereocenters. The van der Waals surface area contributed by atoms with Gasteiger partial charge in [0.05, 0.1) is 24.7 Å². The molecule has 0 aliphatic carbocycles. The molecule has 4 aromatic carbocycles. The van der Waals surface area contributed by atoms with Gasteiger partial charge in [-0.05, 0) is 83.6 Å². The van der Waals surface area contributed by atoms with Gasteiger partial charge in [0, 0.05) is 0 Å². The van der Waals surface area contributed by atoms with Crippen molar-refractivity contribution in [3.8, 4) is 22.6 Å². The summed E-state index contributed by atoms with van der Waals surface area (Å²) in [6.07, 6.45) is 20.3. The van der Waals surface area contributed by atoms with Crippen molar-refractivity contribution in [3.05, 3.63) is 96.1 Å². The van der Waals surface area contributed by atoms with Crippen molar-refractivity contribution < 1.29 is 23.8 Å². The predicted molar refractivity (Wildman–Crippen MR) is 211 cm³/mol. The fourth-order valence-electron chi connectivity index (χ4n) is 6.38. The number of rotatable bonds is 24. The molecular weight excluding hydrogens is 633 g/mol. The number of unbranched alkanes of at least 4 members (excludes halogenated alkanes) is 14. The van der Waals surface area contributed by atoms with Crippen LogP contribution in [0.25, 0.3) is 21.9 Å². The van der Waals surface area contributed by atoms with Crippen LogP contribution in [0, 0.1) is 0 Å². The van der Waals surface area contributed by atoms with Gasteiger partial charge >= 0.3 is 11.9 Å². The molecule has 0 radical (unpaired) electrons. The Bertz CT molecular complexity index is 1590. The quantitative estimate of drug-likeness (QED) is 0.0415. The zero-order valence-corrected chi connectivity index (χ0v) is 31.4. The molecule has 0 N–H and O–H groups in total. The highest BCUT2D eigenvalue weighted by Gasteiger charge is 2.17. The molecule has 0 spiro atoms. The summed E-state index contributed by atoms with van der Waals surface area (Å²) in [5.41, 5.74) is 3.48. The van der Waals surface area contributed by atoms with E-state index < -0.39 is 5.97 Å². The Morgan fingerprint density at radius 3 is 1.65 bits per heavy atom. The molecular formula is C46H60O5. The maximum Gasteiger partial charge on any atom is 0.343 e. The number of carbonyl (C=O) groups excluding carboxylic acids is 2. The average molecular weight is 693 g/mol. The van der Waals surface area contributed by atoms with Crippen LogP contribution in [0.3, 0.4) is 0 Å². The van der Waals surface area contributed by atoms with Crippen molar-refractivity contribution >= 4 is 22.7 Å². The predicted octanol–water partition coefficient (Wildman–Crippen LogP) is 13.0. The van der Waals surface area contributed by atoms with E-state index in [2.05, 4.69) is 26.0 Å². The van der Waals surface area contributed by atoms with Crippen molar-refractivity contribution in [2.45, 2.75) is 129 Å². The molecule has 1 atom stereocenters. The summed E-state index contributed by atoms with van der Waals surface area (Å²) in [7, 11) is 0. The third-order valence-electron chi connectivity index (χ3n) is 9.72. The normalized spacial score (nSPS) is 11.7. The Labute approximate surface area is 307 Å². The van der Waals surface area contributed by atoms with E-state index in [1.807, 2.05) is 61.5 Å². The summed E-state index contributed by atoms with van der Waals surface area (Å²) in [6.45, 7) is 7.53. The summed E-state index contributed by atoms with van der Waals surface area (Å²) in [5, 5.41) is 1.90. The van der Waals surface area contributed by atoms with Crippen LogP contribution in [0.4, 0.5) is 0 Å². The van der Waals surface area contributed by atoms with E-state index in [-0.39, 0.29) is 11.9 Å². The summed E-state index contributed by atoms with van der Waals surface area (Å²) >= 11 is 0. The Morgan fingerprint density at radius 1 is 0.529 bits per heavy atom. The number of fused-ring (bicyclic) bond motifs is 1. The number of ether oxygens (including phenoxy) is 3. The zero-order chi connectivity index (χ0) is 36.1. The first-order valence-electron chi connectivity index (χ1n) is 19.7. The van der Waals surface area contributed by atoms with E-state index in [1.165, 1.54) is 70.6 Å². The minimum absolute atomic E-state index is 0.200. The summed E-state index contributed by atoms with van der Waals surface area (Å²) in [5.74, 6) is 0.408. The smallest absolute Gasteiger partial charge is 0.343 e. The fraction of sp³-hybridized carbons (Fsp3) is 0.478. The van der Waals surface area contributed by atoms with Crippen molar-refractivity contribution in [2.24, 2.45) is 0 Å². The summed E-state index contributed by atoms with van der Waals surface area (Å²) < 4.78 is 17.2. The Hall–Kier alpha value is -4.12. The molecule has 0 aliphatic heterocycles. The third kappa shape index (κ3) is 13.8. The second-order valence-electron chi connectivity index (χ2n) is 13.9. The lowest BCUT2D eigenvalue weighted by molar-refractivity contribution is -0.145. The first-order chi connectivity index (χ1) is 25.0. The lowest BCUT2D eigenvalue weighted by Crippen LogP contribution is -2.14. The second-order valence-corrected chi connectivity index (χ2v) is 13.9. The topological polar surface area (TPSA) is 61.8 Å². The van der Waals surface area contributed by atoms with Gasteiger partial charge in [-0.1, -0.05) is 152 Å². The molecule has 0 amide bonds. The summed E-state index contributed by atoms with van der Waals surface area (Å²) in [4.78, 5) is 25.5. The van der Waals surface area contributed by atoms with Crippen LogP contribution < -0.4 is 9.47 Å². The van der Waals surface area contributed by atoms with Crippen LogP contribution in [0.1, 0.15) is 145 Å². The van der Waals surface area contributed by atoms with E-state index in [1.54, 1.807) is 18.2 Å². The Balaban J connectivity index is 1.17. The van der Waals surface area contributed by atoms with Crippen LogP contribution in [0.15, 0.2) is 84.9 Å². The van der Waals surface area contributed by atoms with Gasteiger partial charge < -0.3 is 14.2 Å². The van der Waals surface area contributed by atoms with Crippen LogP contribution >= 0.6 is 0 Å². The van der Waals surface area contributed by atoms with Crippen molar-refractivity contribution in [1.29, 1.82) is 0 Å². The van der Waals surface area contributed by atoms with E-state index >= 15 is 0 Å². The molecule has 4 rings (SSSR count). The maximum atomic E-state index is 13.0. The van der Waals surface area contributed by atoms with E-state index in [0.29, 0.717) is 17.9 Å².